The maximum Gasteiger partial charge on any atom is 0.00487 e. The molecule has 0 amide bonds. The Bertz CT molecular complexity index is 97.3. The molecule has 0 bridgehead atoms. The molecule has 0 unspecified atom stereocenters. The first-order valence-corrected chi connectivity index (χ1v) is 3.86. The molecule has 60 valence electrons. The smallest absolute Gasteiger partial charge is 0.00487 e. The quantitative estimate of drug-likeness (QED) is 0.588. The minimum atomic E-state index is 0.856. The third-order valence-electron chi connectivity index (χ3n) is 0.731. The lowest BCUT2D eigenvalue weighted by atomic mass is 10.3. The van der Waals surface area contributed by atoms with Gasteiger partial charge in [0.1, 0.15) is 0 Å². The van der Waals surface area contributed by atoms with Crippen molar-refractivity contribution in [3.63, 3.8) is 0 Å². The summed E-state index contributed by atoms with van der Waals surface area (Å²) >= 11 is 0. The summed E-state index contributed by atoms with van der Waals surface area (Å²) < 4.78 is 0. The van der Waals surface area contributed by atoms with E-state index in [1.165, 1.54) is 0 Å². The molecule has 0 spiro atoms. The third kappa shape index (κ3) is 15.7. The van der Waals surface area contributed by atoms with Crippen LogP contribution in [-0.2, 0) is 0 Å². The Kier molecular flexibility index (Phi) is 13.4. The van der Waals surface area contributed by atoms with E-state index in [4.69, 9.17) is 5.73 Å². The van der Waals surface area contributed by atoms with Crippen molar-refractivity contribution in [3.05, 3.63) is 23.9 Å². The number of rotatable bonds is 2. The van der Waals surface area contributed by atoms with Crippen molar-refractivity contribution in [1.29, 1.82) is 0 Å². The van der Waals surface area contributed by atoms with E-state index in [2.05, 4.69) is 13.0 Å². The number of allylic oxidation sites excluding steroid dienone is 4. The molecule has 0 heterocycles. The average Bonchev–Trinajstić information content (AvgIpc) is 1.92. The lowest BCUT2D eigenvalue weighted by Crippen LogP contribution is -1.87. The fraction of sp³-hybridized carbons (Fsp3) is 0.556. The predicted molar refractivity (Wildman–Crippen MR) is 48.7 cm³/mol. The Morgan fingerprint density at radius 3 is 2.20 bits per heavy atom. The van der Waals surface area contributed by atoms with Crippen molar-refractivity contribution in [2.75, 3.05) is 0 Å². The molecule has 0 atom stereocenters. The summed E-state index contributed by atoms with van der Waals surface area (Å²) in [7, 11) is 0. The first-order chi connectivity index (χ1) is 4.77. The molecule has 1 heteroatoms. The number of hydrogen-bond donors (Lipinski definition) is 1. The Balaban J connectivity index is 0. The zero-order valence-corrected chi connectivity index (χ0v) is 7.52. The van der Waals surface area contributed by atoms with Crippen LogP contribution >= 0.6 is 0 Å². The van der Waals surface area contributed by atoms with Gasteiger partial charge < -0.3 is 5.73 Å². The maximum absolute atomic E-state index is 5.34. The predicted octanol–water partition coefficient (Wildman–Crippen LogP) is 2.84. The monoisotopic (exact) mass is 141 g/mol. The molecule has 0 aliphatic carbocycles. The van der Waals surface area contributed by atoms with Crippen LogP contribution in [0.2, 0.25) is 0 Å². The maximum atomic E-state index is 5.34. The standard InChI is InChI=1S/C7H13N.C2H6/c1-3-4-5-6-7(2)8;1-2/h4-6H,3,8H2,1-2H3;1-2H3/b5-4-,7-6+;. The molecule has 0 rings (SSSR count). The summed E-state index contributed by atoms with van der Waals surface area (Å²) in [5.74, 6) is 0. The van der Waals surface area contributed by atoms with Gasteiger partial charge in [-0.05, 0) is 19.4 Å². The van der Waals surface area contributed by atoms with Crippen molar-refractivity contribution in [1.82, 2.24) is 0 Å². The first-order valence-electron chi connectivity index (χ1n) is 3.86. The van der Waals surface area contributed by atoms with E-state index in [-0.39, 0.29) is 0 Å². The number of hydrogen-bond acceptors (Lipinski definition) is 1. The van der Waals surface area contributed by atoms with Gasteiger partial charge in [0.05, 0.1) is 0 Å². The fourth-order valence-electron chi connectivity index (χ4n) is 0.356. The van der Waals surface area contributed by atoms with Crippen LogP contribution in [0.4, 0.5) is 0 Å². The van der Waals surface area contributed by atoms with Gasteiger partial charge in [-0.2, -0.15) is 0 Å². The van der Waals surface area contributed by atoms with E-state index in [1.54, 1.807) is 0 Å². The second kappa shape index (κ2) is 11.1. The van der Waals surface area contributed by atoms with Crippen molar-refractivity contribution in [2.24, 2.45) is 5.73 Å². The van der Waals surface area contributed by atoms with Crippen molar-refractivity contribution in [3.8, 4) is 0 Å². The highest BCUT2D eigenvalue weighted by Crippen LogP contribution is 1.83. The van der Waals surface area contributed by atoms with Crippen LogP contribution in [0.25, 0.3) is 0 Å². The molecule has 0 aromatic rings. The largest absolute Gasteiger partial charge is 0.402 e. The molecular weight excluding hydrogens is 122 g/mol. The van der Waals surface area contributed by atoms with Crippen LogP contribution in [-0.4, -0.2) is 0 Å². The minimum absolute atomic E-state index is 0.856. The van der Waals surface area contributed by atoms with Gasteiger partial charge in [-0.25, -0.2) is 0 Å². The normalized spacial score (nSPS) is 11.0. The molecule has 0 radical (unpaired) electrons. The summed E-state index contributed by atoms with van der Waals surface area (Å²) in [6, 6.07) is 0. The lowest BCUT2D eigenvalue weighted by Gasteiger charge is -1.81. The first kappa shape index (κ1) is 12.0. The third-order valence-corrected chi connectivity index (χ3v) is 0.731. The topological polar surface area (TPSA) is 26.0 Å². The van der Waals surface area contributed by atoms with Crippen LogP contribution in [0.15, 0.2) is 23.9 Å². The average molecular weight is 141 g/mol. The Morgan fingerprint density at radius 2 is 1.90 bits per heavy atom. The molecule has 0 aliphatic rings. The van der Waals surface area contributed by atoms with Crippen molar-refractivity contribution < 1.29 is 0 Å². The van der Waals surface area contributed by atoms with E-state index in [1.807, 2.05) is 32.9 Å². The highest BCUT2D eigenvalue weighted by atomic mass is 14.5. The van der Waals surface area contributed by atoms with E-state index in [0.717, 1.165) is 12.1 Å². The van der Waals surface area contributed by atoms with E-state index < -0.39 is 0 Å². The molecule has 0 aromatic carbocycles. The summed E-state index contributed by atoms with van der Waals surface area (Å²) in [5.41, 5.74) is 6.20. The molecule has 0 saturated carbocycles. The molecule has 1 nitrogen and oxygen atoms in total. The molecule has 0 aromatic heterocycles. The summed E-state index contributed by atoms with van der Waals surface area (Å²) in [5, 5.41) is 0. The van der Waals surface area contributed by atoms with Gasteiger partial charge in [-0.1, -0.05) is 32.9 Å². The second-order valence-electron chi connectivity index (χ2n) is 1.75. The molecular formula is C9H19N. The molecule has 0 saturated heterocycles. The summed E-state index contributed by atoms with van der Waals surface area (Å²) in [4.78, 5) is 0. The van der Waals surface area contributed by atoms with E-state index in [9.17, 15) is 0 Å². The van der Waals surface area contributed by atoms with Gasteiger partial charge in [0.2, 0.25) is 0 Å². The Hall–Kier alpha value is -0.720. The molecule has 0 aliphatic heterocycles. The molecule has 2 N–H and O–H groups in total. The minimum Gasteiger partial charge on any atom is -0.402 e. The van der Waals surface area contributed by atoms with Crippen LogP contribution in [0.3, 0.4) is 0 Å². The van der Waals surface area contributed by atoms with Crippen molar-refractivity contribution >= 4 is 0 Å². The van der Waals surface area contributed by atoms with Gasteiger partial charge in [0, 0.05) is 5.70 Å². The van der Waals surface area contributed by atoms with Gasteiger partial charge in [0.15, 0.2) is 0 Å². The zero-order chi connectivity index (χ0) is 8.41. The van der Waals surface area contributed by atoms with Gasteiger partial charge >= 0.3 is 0 Å². The highest BCUT2D eigenvalue weighted by molar-refractivity contribution is 5.06. The summed E-state index contributed by atoms with van der Waals surface area (Å²) in [6.45, 7) is 7.97. The van der Waals surface area contributed by atoms with Gasteiger partial charge in [0.25, 0.3) is 0 Å². The van der Waals surface area contributed by atoms with Crippen LogP contribution in [0.5, 0.6) is 0 Å². The van der Waals surface area contributed by atoms with Crippen LogP contribution in [0.1, 0.15) is 34.1 Å². The fourth-order valence-corrected chi connectivity index (χ4v) is 0.356. The van der Waals surface area contributed by atoms with Gasteiger partial charge in [-0.3, -0.25) is 0 Å². The van der Waals surface area contributed by atoms with Gasteiger partial charge in [-0.15, -0.1) is 0 Å². The number of nitrogens with two attached hydrogens (primary N) is 1. The highest BCUT2D eigenvalue weighted by Gasteiger charge is 1.67. The second-order valence-corrected chi connectivity index (χ2v) is 1.75. The zero-order valence-electron chi connectivity index (χ0n) is 7.52. The van der Waals surface area contributed by atoms with E-state index >= 15 is 0 Å². The van der Waals surface area contributed by atoms with E-state index in [0.29, 0.717) is 0 Å². The van der Waals surface area contributed by atoms with Crippen LogP contribution < -0.4 is 5.73 Å². The summed E-state index contributed by atoms with van der Waals surface area (Å²) in [6.07, 6.45) is 7.00. The molecule has 10 heavy (non-hydrogen) atoms. The Labute approximate surface area is 64.6 Å². The molecule has 0 fully saturated rings. The van der Waals surface area contributed by atoms with Crippen molar-refractivity contribution in [2.45, 2.75) is 34.1 Å². The van der Waals surface area contributed by atoms with Crippen LogP contribution in [0, 0.1) is 0 Å². The SMILES string of the molecule is CC.CC/C=C\C=C(/C)N. The lowest BCUT2D eigenvalue weighted by molar-refractivity contribution is 1.22. The Morgan fingerprint density at radius 1 is 1.40 bits per heavy atom.